The zero-order valence-electron chi connectivity index (χ0n) is 21.9. The zero-order valence-corrected chi connectivity index (χ0v) is 21.9. The molecule has 3 aromatic carbocycles. The molecule has 1 saturated heterocycles. The molecule has 0 radical (unpaired) electrons. The van der Waals surface area contributed by atoms with E-state index in [2.05, 4.69) is 0 Å². The third-order valence-corrected chi connectivity index (χ3v) is 7.54. The van der Waals surface area contributed by atoms with Gasteiger partial charge in [0.25, 0.3) is 0 Å². The standard InChI is InChI=1S/C30H23BO9/c1-15(32)30-13-21-23(22(14-30)39-31(40-30)18-9-5-4-6-10-18)29(38-17(3)34)25-24(28(21)37-16(2)33)26(35)19-11-7-8-12-20(19)27(25)36/h4-12,22H,13-14H2,1-3H3/t22-,30+/m1/s1. The van der Waals surface area contributed by atoms with Crippen LogP contribution in [0, 0.1) is 0 Å². The number of esters is 2. The summed E-state index contributed by atoms with van der Waals surface area (Å²) < 4.78 is 24.0. The fourth-order valence-corrected chi connectivity index (χ4v) is 5.83. The maximum Gasteiger partial charge on any atom is 0.495 e. The van der Waals surface area contributed by atoms with E-state index in [1.54, 1.807) is 24.3 Å². The lowest BCUT2D eigenvalue weighted by atomic mass is 9.66. The molecule has 0 unspecified atom stereocenters. The Labute approximate surface area is 229 Å². The Balaban J connectivity index is 1.67. The molecule has 1 aliphatic heterocycles. The molecule has 0 N–H and O–H groups in total. The van der Waals surface area contributed by atoms with Gasteiger partial charge in [0, 0.05) is 48.9 Å². The van der Waals surface area contributed by atoms with Crippen molar-refractivity contribution in [2.45, 2.75) is 45.3 Å². The van der Waals surface area contributed by atoms with Gasteiger partial charge in [0.1, 0.15) is 17.1 Å². The highest BCUT2D eigenvalue weighted by Gasteiger charge is 2.55. The monoisotopic (exact) mass is 538 g/mol. The maximum absolute atomic E-state index is 13.9. The van der Waals surface area contributed by atoms with Gasteiger partial charge >= 0.3 is 19.1 Å². The van der Waals surface area contributed by atoms with Gasteiger partial charge in [-0.2, -0.15) is 0 Å². The van der Waals surface area contributed by atoms with Crippen molar-refractivity contribution in [3.8, 4) is 11.5 Å². The third kappa shape index (κ3) is 3.91. The third-order valence-electron chi connectivity index (χ3n) is 7.54. The van der Waals surface area contributed by atoms with E-state index in [0.29, 0.717) is 5.46 Å². The maximum atomic E-state index is 13.9. The van der Waals surface area contributed by atoms with Crippen molar-refractivity contribution in [1.82, 2.24) is 0 Å². The molecule has 0 saturated carbocycles. The highest BCUT2D eigenvalue weighted by Crippen LogP contribution is 2.54. The molecule has 3 aromatic rings. The number of benzene rings is 3. The van der Waals surface area contributed by atoms with E-state index in [4.69, 9.17) is 18.8 Å². The minimum Gasteiger partial charge on any atom is -0.426 e. The molecule has 40 heavy (non-hydrogen) atoms. The average molecular weight is 538 g/mol. The predicted molar refractivity (Wildman–Crippen MR) is 141 cm³/mol. The predicted octanol–water partition coefficient (Wildman–Crippen LogP) is 3.07. The summed E-state index contributed by atoms with van der Waals surface area (Å²) in [6.07, 6.45) is -0.946. The zero-order chi connectivity index (χ0) is 28.3. The first-order valence-electron chi connectivity index (χ1n) is 12.8. The second kappa shape index (κ2) is 9.36. The van der Waals surface area contributed by atoms with Gasteiger partial charge in [-0.25, -0.2) is 0 Å². The Kier molecular flexibility index (Phi) is 6.05. The van der Waals surface area contributed by atoms with E-state index in [1.165, 1.54) is 32.9 Å². The van der Waals surface area contributed by atoms with Crippen LogP contribution in [-0.2, 0) is 30.1 Å². The first-order valence-corrected chi connectivity index (χ1v) is 12.8. The van der Waals surface area contributed by atoms with Gasteiger partial charge in [-0.1, -0.05) is 54.6 Å². The SMILES string of the molecule is CC(=O)Oc1c2c(c(OC(C)=O)c3c1C(=O)c1ccccc1C3=O)[C@H]1C[C@](C(C)=O)(C2)OB(c2ccccc2)O1. The van der Waals surface area contributed by atoms with E-state index >= 15 is 0 Å². The van der Waals surface area contributed by atoms with E-state index in [9.17, 15) is 24.0 Å². The molecule has 2 aliphatic carbocycles. The number of fused-ring (bicyclic) bond motifs is 6. The van der Waals surface area contributed by atoms with Gasteiger partial charge in [-0.15, -0.1) is 0 Å². The van der Waals surface area contributed by atoms with Gasteiger partial charge in [-0.3, -0.25) is 24.0 Å². The number of hydrogen-bond acceptors (Lipinski definition) is 9. The van der Waals surface area contributed by atoms with Crippen LogP contribution in [0.2, 0.25) is 0 Å². The summed E-state index contributed by atoms with van der Waals surface area (Å²) in [4.78, 5) is 65.7. The van der Waals surface area contributed by atoms with Crippen LogP contribution in [0.25, 0.3) is 0 Å². The summed E-state index contributed by atoms with van der Waals surface area (Å²) in [7, 11) is -0.951. The van der Waals surface area contributed by atoms with Crippen LogP contribution in [0.15, 0.2) is 54.6 Å². The van der Waals surface area contributed by atoms with Crippen LogP contribution in [0.1, 0.15) is 76.3 Å². The molecule has 1 heterocycles. The fourth-order valence-electron chi connectivity index (χ4n) is 5.83. The molecule has 1 fully saturated rings. The Morgan fingerprint density at radius 3 is 1.95 bits per heavy atom. The highest BCUT2D eigenvalue weighted by molar-refractivity contribution is 6.61. The molecular formula is C30H23BO9. The molecule has 9 nitrogen and oxygen atoms in total. The fraction of sp³-hybridized carbons (Fsp3) is 0.233. The Bertz CT molecular complexity index is 1640. The number of carbonyl (C=O) groups excluding carboxylic acids is 5. The topological polar surface area (TPSA) is 122 Å². The van der Waals surface area contributed by atoms with Gasteiger partial charge in [0.05, 0.1) is 17.2 Å². The molecule has 0 amide bonds. The van der Waals surface area contributed by atoms with Crippen molar-refractivity contribution in [3.63, 3.8) is 0 Å². The van der Waals surface area contributed by atoms with E-state index < -0.39 is 42.3 Å². The van der Waals surface area contributed by atoms with Crippen LogP contribution < -0.4 is 14.9 Å². The molecule has 0 aromatic heterocycles. The van der Waals surface area contributed by atoms with Crippen LogP contribution in [-0.4, -0.2) is 42.0 Å². The lowest BCUT2D eigenvalue weighted by Gasteiger charge is -2.47. The number of hydrogen-bond donors (Lipinski definition) is 0. The van der Waals surface area contributed by atoms with Crippen molar-refractivity contribution in [2.75, 3.05) is 0 Å². The lowest BCUT2D eigenvalue weighted by Crippen LogP contribution is -2.59. The van der Waals surface area contributed by atoms with E-state index in [-0.39, 0.29) is 63.5 Å². The Morgan fingerprint density at radius 2 is 1.38 bits per heavy atom. The lowest BCUT2D eigenvalue weighted by molar-refractivity contribution is -0.144. The summed E-state index contributed by atoms with van der Waals surface area (Å²) in [5.41, 5.74) is -0.360. The summed E-state index contributed by atoms with van der Waals surface area (Å²) in [5.74, 6) is -3.19. The van der Waals surface area contributed by atoms with Crippen LogP contribution >= 0.6 is 0 Å². The molecule has 6 rings (SSSR count). The van der Waals surface area contributed by atoms with Gasteiger partial charge in [-0.05, 0) is 12.4 Å². The van der Waals surface area contributed by atoms with Gasteiger partial charge in [0.15, 0.2) is 17.3 Å². The van der Waals surface area contributed by atoms with Crippen molar-refractivity contribution in [2.24, 2.45) is 0 Å². The molecule has 2 bridgehead atoms. The number of rotatable bonds is 4. The first kappa shape index (κ1) is 25.9. The minimum atomic E-state index is -1.40. The van der Waals surface area contributed by atoms with E-state index in [1.807, 2.05) is 18.2 Å². The smallest absolute Gasteiger partial charge is 0.426 e. The van der Waals surface area contributed by atoms with Crippen LogP contribution in [0.4, 0.5) is 0 Å². The second-order valence-corrected chi connectivity index (χ2v) is 10.1. The van der Waals surface area contributed by atoms with Crippen molar-refractivity contribution in [1.29, 1.82) is 0 Å². The van der Waals surface area contributed by atoms with Crippen LogP contribution in [0.5, 0.6) is 11.5 Å². The highest BCUT2D eigenvalue weighted by atomic mass is 16.6. The van der Waals surface area contributed by atoms with E-state index in [0.717, 1.165) is 0 Å². The van der Waals surface area contributed by atoms with Crippen molar-refractivity contribution in [3.05, 3.63) is 88.0 Å². The Morgan fingerprint density at radius 1 is 0.825 bits per heavy atom. The van der Waals surface area contributed by atoms with Gasteiger partial charge < -0.3 is 18.8 Å². The van der Waals surface area contributed by atoms with Crippen molar-refractivity contribution < 1.29 is 42.8 Å². The second-order valence-electron chi connectivity index (χ2n) is 10.1. The minimum absolute atomic E-state index is 0.0595. The number of ketones is 3. The first-order chi connectivity index (χ1) is 19.1. The number of carbonyl (C=O) groups is 5. The summed E-state index contributed by atoms with van der Waals surface area (Å²) >= 11 is 0. The summed E-state index contributed by atoms with van der Waals surface area (Å²) in [6.45, 7) is 3.75. The average Bonchev–Trinajstić information content (AvgIpc) is 2.92. The quantitative estimate of drug-likeness (QED) is 0.219. The normalized spacial score (nSPS) is 20.7. The van der Waals surface area contributed by atoms with Crippen LogP contribution in [0.3, 0.4) is 0 Å². The largest absolute Gasteiger partial charge is 0.495 e. The molecule has 200 valence electrons. The number of ether oxygens (including phenoxy) is 2. The number of Topliss-reactive ketones (excluding diaryl/α,β-unsaturated/α-hetero) is 1. The molecule has 10 heteroatoms. The van der Waals surface area contributed by atoms with Crippen molar-refractivity contribution >= 4 is 41.9 Å². The summed E-state index contributed by atoms with van der Waals surface area (Å²) in [5, 5.41) is 0. The molecular weight excluding hydrogens is 515 g/mol. The molecule has 3 aliphatic rings. The summed E-state index contributed by atoms with van der Waals surface area (Å²) in [6, 6.07) is 15.3. The molecule has 0 spiro atoms. The Hall–Kier alpha value is -4.41. The van der Waals surface area contributed by atoms with Gasteiger partial charge in [0.2, 0.25) is 0 Å². The molecule has 2 atom stereocenters.